The van der Waals surface area contributed by atoms with Gasteiger partial charge in [0.25, 0.3) is 0 Å². The molecule has 0 rings (SSSR count). The summed E-state index contributed by atoms with van der Waals surface area (Å²) in [6.45, 7) is 6.45. The fourth-order valence-electron chi connectivity index (χ4n) is 0.652. The molecule has 0 N–H and O–H groups in total. The summed E-state index contributed by atoms with van der Waals surface area (Å²) in [5.74, 6) is 0. The molecule has 0 saturated carbocycles. The molecule has 0 fully saturated rings. The molecular weight excluding hydrogens is 144 g/mol. The first-order chi connectivity index (χ1) is 4.70. The van der Waals surface area contributed by atoms with E-state index in [9.17, 15) is 0 Å². The molecule has 0 aromatic carbocycles. The fourth-order valence-corrected chi connectivity index (χ4v) is 1.62. The lowest BCUT2D eigenvalue weighted by atomic mass is 10.5. The first kappa shape index (κ1) is 10.1. The third-order valence-electron chi connectivity index (χ3n) is 1.21. The molecule has 0 aliphatic rings. The molecule has 0 aromatic heterocycles. The van der Waals surface area contributed by atoms with Crippen molar-refractivity contribution in [1.29, 1.82) is 0 Å². The topological polar surface area (TPSA) is 18.5 Å². The Morgan fingerprint density at radius 1 is 1.40 bits per heavy atom. The molecule has 1 unspecified atom stereocenters. The lowest BCUT2D eigenvalue weighted by Gasteiger charge is -2.15. The Kier molecular flexibility index (Phi) is 5.97. The van der Waals surface area contributed by atoms with Crippen LogP contribution in [-0.2, 0) is 9.16 Å². The molecule has 62 valence electrons. The summed E-state index contributed by atoms with van der Waals surface area (Å²) in [5.41, 5.74) is 0.726. The summed E-state index contributed by atoms with van der Waals surface area (Å²) in [4.78, 5) is 0. The van der Waals surface area contributed by atoms with Crippen molar-refractivity contribution in [3.05, 3.63) is 0 Å². The van der Waals surface area contributed by atoms with E-state index < -0.39 is 0 Å². The minimum atomic E-state index is -0.348. The molecule has 1 atom stereocenters. The first-order valence-corrected chi connectivity index (χ1v) is 5.24. The highest BCUT2D eigenvalue weighted by atomic mass is 28.2. The quantitative estimate of drug-likeness (QED) is 0.448. The Morgan fingerprint density at radius 2 is 2.00 bits per heavy atom. The van der Waals surface area contributed by atoms with E-state index in [2.05, 4.69) is 20.8 Å². The van der Waals surface area contributed by atoms with Crippen molar-refractivity contribution in [1.82, 2.24) is 0 Å². The maximum Gasteiger partial charge on any atom is 0.167 e. The first-order valence-electron chi connectivity index (χ1n) is 3.85. The molecule has 0 spiro atoms. The van der Waals surface area contributed by atoms with Crippen LogP contribution in [0.25, 0.3) is 0 Å². The lowest BCUT2D eigenvalue weighted by Crippen LogP contribution is -2.17. The molecular formula is C7H18O2Si. The van der Waals surface area contributed by atoms with Gasteiger partial charge < -0.3 is 9.16 Å². The average Bonchev–Trinajstić information content (AvgIpc) is 1.90. The zero-order chi connectivity index (χ0) is 7.98. The maximum atomic E-state index is 5.52. The van der Waals surface area contributed by atoms with E-state index in [1.54, 1.807) is 7.11 Å². The second kappa shape index (κ2) is 5.89. The summed E-state index contributed by atoms with van der Waals surface area (Å²) in [5, 5.41) is 0. The largest absolute Gasteiger partial charge is 0.399 e. The molecule has 0 aromatic rings. The van der Waals surface area contributed by atoms with Gasteiger partial charge in [0.15, 0.2) is 9.76 Å². The van der Waals surface area contributed by atoms with E-state index >= 15 is 0 Å². The highest BCUT2D eigenvalue weighted by Crippen LogP contribution is 2.03. The predicted octanol–water partition coefficient (Wildman–Crippen LogP) is 1.30. The summed E-state index contributed by atoms with van der Waals surface area (Å²) in [6.07, 6.45) is 1.00. The zero-order valence-electron chi connectivity index (χ0n) is 7.39. The van der Waals surface area contributed by atoms with E-state index in [0.29, 0.717) is 0 Å². The molecule has 0 aliphatic heterocycles. The van der Waals surface area contributed by atoms with Gasteiger partial charge in [-0.15, -0.1) is 0 Å². The van der Waals surface area contributed by atoms with Crippen molar-refractivity contribution in [2.75, 3.05) is 7.11 Å². The Balaban J connectivity index is 3.26. The van der Waals surface area contributed by atoms with Crippen LogP contribution in [0, 0.1) is 0 Å². The standard InChI is InChI=1S/C7H18O2Si/c1-5-7(8-4)9-10-6(2)3/h6-7H,5,10H2,1-4H3. The van der Waals surface area contributed by atoms with Crippen LogP contribution in [0.2, 0.25) is 5.54 Å². The van der Waals surface area contributed by atoms with Crippen LogP contribution >= 0.6 is 0 Å². The predicted molar refractivity (Wildman–Crippen MR) is 45.8 cm³/mol. The van der Waals surface area contributed by atoms with Crippen molar-refractivity contribution >= 4 is 9.76 Å². The van der Waals surface area contributed by atoms with Crippen LogP contribution in [0.4, 0.5) is 0 Å². The monoisotopic (exact) mass is 162 g/mol. The van der Waals surface area contributed by atoms with Crippen LogP contribution in [0.1, 0.15) is 27.2 Å². The number of rotatable bonds is 5. The Bertz CT molecular complexity index is 72.0. The van der Waals surface area contributed by atoms with Gasteiger partial charge in [0.05, 0.1) is 0 Å². The van der Waals surface area contributed by atoms with Crippen LogP contribution < -0.4 is 0 Å². The van der Waals surface area contributed by atoms with Crippen molar-refractivity contribution in [2.45, 2.75) is 39.0 Å². The van der Waals surface area contributed by atoms with Crippen LogP contribution in [-0.4, -0.2) is 23.2 Å². The van der Waals surface area contributed by atoms with E-state index in [4.69, 9.17) is 9.16 Å². The average molecular weight is 162 g/mol. The second-order valence-electron chi connectivity index (χ2n) is 2.80. The second-order valence-corrected chi connectivity index (χ2v) is 5.10. The summed E-state index contributed by atoms with van der Waals surface area (Å²) >= 11 is 0. The molecule has 0 aliphatic carbocycles. The van der Waals surface area contributed by atoms with Crippen molar-refractivity contribution in [3.8, 4) is 0 Å². The number of methoxy groups -OCH3 is 1. The molecule has 0 radical (unpaired) electrons. The van der Waals surface area contributed by atoms with E-state index in [1.165, 1.54) is 0 Å². The van der Waals surface area contributed by atoms with Gasteiger partial charge in [0.1, 0.15) is 6.29 Å². The highest BCUT2D eigenvalue weighted by Gasteiger charge is 2.04. The van der Waals surface area contributed by atoms with Gasteiger partial charge in [-0.05, 0) is 12.0 Å². The molecule has 3 heteroatoms. The van der Waals surface area contributed by atoms with Gasteiger partial charge in [-0.1, -0.05) is 20.8 Å². The normalized spacial score (nSPS) is 15.3. The summed E-state index contributed by atoms with van der Waals surface area (Å²) in [6, 6.07) is 0. The van der Waals surface area contributed by atoms with Gasteiger partial charge in [-0.3, -0.25) is 0 Å². The molecule has 0 bridgehead atoms. The SMILES string of the molecule is CCC(OC)O[SiH2]C(C)C. The summed E-state index contributed by atoms with van der Waals surface area (Å²) in [7, 11) is 1.35. The number of hydrogen-bond donors (Lipinski definition) is 0. The number of hydrogen-bond acceptors (Lipinski definition) is 2. The van der Waals surface area contributed by atoms with Gasteiger partial charge in [-0.25, -0.2) is 0 Å². The number of ether oxygens (including phenoxy) is 1. The van der Waals surface area contributed by atoms with Crippen molar-refractivity contribution < 1.29 is 9.16 Å². The summed E-state index contributed by atoms with van der Waals surface area (Å²) < 4.78 is 10.6. The molecule has 0 amide bonds. The fraction of sp³-hybridized carbons (Fsp3) is 1.00. The van der Waals surface area contributed by atoms with Gasteiger partial charge in [0.2, 0.25) is 0 Å². The van der Waals surface area contributed by atoms with Crippen LogP contribution in [0.15, 0.2) is 0 Å². The smallest absolute Gasteiger partial charge is 0.167 e. The zero-order valence-corrected chi connectivity index (χ0v) is 8.80. The van der Waals surface area contributed by atoms with E-state index in [0.717, 1.165) is 12.0 Å². The van der Waals surface area contributed by atoms with Gasteiger partial charge in [-0.2, -0.15) is 0 Å². The van der Waals surface area contributed by atoms with Crippen LogP contribution in [0.5, 0.6) is 0 Å². The van der Waals surface area contributed by atoms with Crippen LogP contribution in [0.3, 0.4) is 0 Å². The minimum absolute atomic E-state index is 0.0501. The maximum absolute atomic E-state index is 5.52. The Hall–Kier alpha value is 0.137. The Morgan fingerprint density at radius 3 is 2.30 bits per heavy atom. The molecule has 0 heterocycles. The van der Waals surface area contributed by atoms with Gasteiger partial charge in [0, 0.05) is 7.11 Å². The molecule has 2 nitrogen and oxygen atoms in total. The minimum Gasteiger partial charge on any atom is -0.399 e. The van der Waals surface area contributed by atoms with Crippen molar-refractivity contribution in [2.24, 2.45) is 0 Å². The van der Waals surface area contributed by atoms with Crippen molar-refractivity contribution in [3.63, 3.8) is 0 Å². The Labute approximate surface area is 65.9 Å². The van der Waals surface area contributed by atoms with E-state index in [-0.39, 0.29) is 16.1 Å². The lowest BCUT2D eigenvalue weighted by molar-refractivity contribution is -0.0546. The van der Waals surface area contributed by atoms with E-state index in [1.807, 2.05) is 0 Å². The third kappa shape index (κ3) is 4.96. The highest BCUT2D eigenvalue weighted by molar-refractivity contribution is 6.29. The van der Waals surface area contributed by atoms with Gasteiger partial charge >= 0.3 is 0 Å². The molecule has 10 heavy (non-hydrogen) atoms. The molecule has 0 saturated heterocycles. The third-order valence-corrected chi connectivity index (χ3v) is 2.44.